The molecular weight excluding hydrogens is 444 g/mol. The molecule has 2 aromatic carbocycles. The highest BCUT2D eigenvalue weighted by atomic mass is 35.5. The molecule has 0 saturated heterocycles. The summed E-state index contributed by atoms with van der Waals surface area (Å²) in [5.74, 6) is 1.54. The van der Waals surface area contributed by atoms with Gasteiger partial charge in [-0.15, -0.1) is 11.3 Å². The predicted molar refractivity (Wildman–Crippen MR) is 131 cm³/mol. The lowest BCUT2D eigenvalue weighted by Crippen LogP contribution is -2.01. The second-order valence-corrected chi connectivity index (χ2v) is 8.79. The third-order valence-corrected chi connectivity index (χ3v) is 6.74. The Morgan fingerprint density at radius 1 is 1.06 bits per heavy atom. The normalized spacial score (nSPS) is 11.0. The molecule has 164 valence electrons. The van der Waals surface area contributed by atoms with Gasteiger partial charge in [-0.05, 0) is 48.7 Å². The molecule has 0 amide bonds. The highest BCUT2D eigenvalue weighted by Gasteiger charge is 2.18. The number of thiophene rings is 1. The van der Waals surface area contributed by atoms with Crippen molar-refractivity contribution >= 4 is 44.6 Å². The smallest absolute Gasteiger partial charge is 0.174 e. The van der Waals surface area contributed by atoms with Gasteiger partial charge in [-0.1, -0.05) is 29.8 Å². The molecule has 7 heteroatoms. The van der Waals surface area contributed by atoms with Crippen LogP contribution in [0, 0.1) is 0 Å². The van der Waals surface area contributed by atoms with Gasteiger partial charge < -0.3 is 15.2 Å². The van der Waals surface area contributed by atoms with E-state index < -0.39 is 0 Å². The number of carbonyl (C=O) groups is 1. The molecule has 0 bridgehead atoms. The van der Waals surface area contributed by atoms with Crippen molar-refractivity contribution in [3.8, 4) is 22.8 Å². The van der Waals surface area contributed by atoms with Crippen LogP contribution in [-0.4, -0.2) is 25.0 Å². The summed E-state index contributed by atoms with van der Waals surface area (Å²) in [7, 11) is 3.25. The molecule has 0 unspecified atom stereocenters. The zero-order chi connectivity index (χ0) is 22.7. The molecule has 0 aliphatic carbocycles. The van der Waals surface area contributed by atoms with Crippen molar-refractivity contribution in [1.82, 2.24) is 4.98 Å². The molecular formula is C25H23ClN2O3S. The van der Waals surface area contributed by atoms with E-state index in [2.05, 4.69) is 0 Å². The maximum atomic E-state index is 12.9. The quantitative estimate of drug-likeness (QED) is 0.303. The van der Waals surface area contributed by atoms with Crippen molar-refractivity contribution in [3.05, 3.63) is 70.1 Å². The van der Waals surface area contributed by atoms with Crippen LogP contribution in [0.4, 0.5) is 5.69 Å². The Bertz CT molecular complexity index is 1270. The molecule has 2 aromatic heterocycles. The number of fused-ring (bicyclic) bond motifs is 1. The number of nitrogen functional groups attached to an aromatic ring is 1. The number of Topliss-reactive ketones (excluding diaryl/α,β-unsaturated/α-hetero) is 1. The second-order valence-electron chi connectivity index (χ2n) is 7.36. The minimum absolute atomic E-state index is 0.0334. The zero-order valence-electron chi connectivity index (χ0n) is 17.9. The fourth-order valence-electron chi connectivity index (χ4n) is 3.60. The molecule has 0 atom stereocenters. The summed E-state index contributed by atoms with van der Waals surface area (Å²) in [6, 6.07) is 17.1. The average Bonchev–Trinajstić information content (AvgIpc) is 3.15. The van der Waals surface area contributed by atoms with Gasteiger partial charge in [0.15, 0.2) is 5.78 Å². The summed E-state index contributed by atoms with van der Waals surface area (Å²) in [5, 5.41) is 1.49. The van der Waals surface area contributed by atoms with E-state index in [0.717, 1.165) is 45.0 Å². The molecule has 0 spiro atoms. The molecule has 32 heavy (non-hydrogen) atoms. The zero-order valence-corrected chi connectivity index (χ0v) is 19.4. The maximum absolute atomic E-state index is 12.9. The number of anilines is 1. The number of hydrogen-bond acceptors (Lipinski definition) is 6. The number of rotatable bonds is 8. The lowest BCUT2D eigenvalue weighted by Gasteiger charge is -2.10. The van der Waals surface area contributed by atoms with E-state index in [1.165, 1.54) is 11.3 Å². The first-order chi connectivity index (χ1) is 15.5. The fraction of sp³-hybridized carbons (Fsp3) is 0.200. The molecule has 0 saturated carbocycles. The van der Waals surface area contributed by atoms with Crippen LogP contribution in [0.15, 0.2) is 54.6 Å². The number of pyridine rings is 1. The van der Waals surface area contributed by atoms with Gasteiger partial charge in [0.25, 0.3) is 0 Å². The second kappa shape index (κ2) is 9.59. The van der Waals surface area contributed by atoms with Gasteiger partial charge in [0.1, 0.15) is 16.3 Å². The largest absolute Gasteiger partial charge is 0.497 e. The molecule has 4 rings (SSSR count). The molecule has 2 heterocycles. The van der Waals surface area contributed by atoms with Gasteiger partial charge in [-0.3, -0.25) is 4.79 Å². The molecule has 0 aliphatic heterocycles. The lowest BCUT2D eigenvalue weighted by atomic mass is 10.0. The van der Waals surface area contributed by atoms with Gasteiger partial charge in [-0.25, -0.2) is 4.98 Å². The predicted octanol–water partition coefficient (Wildman–Crippen LogP) is 6.42. The molecule has 0 fully saturated rings. The molecule has 0 aliphatic rings. The number of ketones is 1. The number of carbonyl (C=O) groups excluding carboxylic acids is 1. The Morgan fingerprint density at radius 3 is 2.56 bits per heavy atom. The SMILES string of the molecule is COc1ccc(CCCC(=O)c2sc3nc(-c4ccc(Cl)cc4)ccc3c2N)c(OC)c1. The fourth-order valence-corrected chi connectivity index (χ4v) is 4.78. The number of nitrogens with zero attached hydrogens (tertiary/aromatic N) is 1. The van der Waals surface area contributed by atoms with Crippen molar-refractivity contribution in [2.24, 2.45) is 0 Å². The van der Waals surface area contributed by atoms with Crippen molar-refractivity contribution in [2.45, 2.75) is 19.3 Å². The van der Waals surface area contributed by atoms with Gasteiger partial charge in [0.2, 0.25) is 0 Å². The monoisotopic (exact) mass is 466 g/mol. The minimum atomic E-state index is 0.0334. The van der Waals surface area contributed by atoms with E-state index in [1.54, 1.807) is 14.2 Å². The highest BCUT2D eigenvalue weighted by molar-refractivity contribution is 7.21. The first-order valence-electron chi connectivity index (χ1n) is 10.2. The number of ether oxygens (including phenoxy) is 2. The van der Waals surface area contributed by atoms with Crippen molar-refractivity contribution in [1.29, 1.82) is 0 Å². The number of hydrogen-bond donors (Lipinski definition) is 1. The first-order valence-corrected chi connectivity index (χ1v) is 11.4. The van der Waals surface area contributed by atoms with Crippen LogP contribution in [0.1, 0.15) is 28.1 Å². The van der Waals surface area contributed by atoms with E-state index >= 15 is 0 Å². The van der Waals surface area contributed by atoms with E-state index in [0.29, 0.717) is 28.4 Å². The molecule has 0 radical (unpaired) electrons. The van der Waals surface area contributed by atoms with Crippen molar-refractivity contribution in [2.75, 3.05) is 20.0 Å². The summed E-state index contributed by atoms with van der Waals surface area (Å²) >= 11 is 7.33. The van der Waals surface area contributed by atoms with Crippen LogP contribution < -0.4 is 15.2 Å². The summed E-state index contributed by atoms with van der Waals surface area (Å²) in [4.78, 5) is 19.0. The van der Waals surface area contributed by atoms with Crippen LogP contribution in [0.25, 0.3) is 21.5 Å². The number of methoxy groups -OCH3 is 2. The maximum Gasteiger partial charge on any atom is 0.174 e. The van der Waals surface area contributed by atoms with Gasteiger partial charge >= 0.3 is 0 Å². The Morgan fingerprint density at radius 2 is 1.84 bits per heavy atom. The molecule has 5 nitrogen and oxygen atoms in total. The molecule has 2 N–H and O–H groups in total. The van der Waals surface area contributed by atoms with E-state index in [-0.39, 0.29) is 5.78 Å². The van der Waals surface area contributed by atoms with Gasteiger partial charge in [0, 0.05) is 28.5 Å². The van der Waals surface area contributed by atoms with E-state index in [9.17, 15) is 4.79 Å². The Labute approximate surface area is 195 Å². The van der Waals surface area contributed by atoms with Gasteiger partial charge in [-0.2, -0.15) is 0 Å². The van der Waals surface area contributed by atoms with Crippen LogP contribution in [0.5, 0.6) is 11.5 Å². The Hall–Kier alpha value is -3.09. The minimum Gasteiger partial charge on any atom is -0.497 e. The van der Waals surface area contributed by atoms with E-state index in [4.69, 9.17) is 31.8 Å². The third kappa shape index (κ3) is 4.56. The number of benzene rings is 2. The van der Waals surface area contributed by atoms with Crippen LogP contribution in [-0.2, 0) is 6.42 Å². The third-order valence-electron chi connectivity index (χ3n) is 5.33. The number of nitrogens with two attached hydrogens (primary N) is 1. The van der Waals surface area contributed by atoms with Crippen LogP contribution in [0.3, 0.4) is 0 Å². The summed E-state index contributed by atoms with van der Waals surface area (Å²) in [5.41, 5.74) is 9.64. The van der Waals surface area contributed by atoms with Crippen molar-refractivity contribution in [3.63, 3.8) is 0 Å². The lowest BCUT2D eigenvalue weighted by molar-refractivity contribution is 0.0985. The number of aromatic nitrogens is 1. The topological polar surface area (TPSA) is 74.4 Å². The Balaban J connectivity index is 1.49. The number of aryl methyl sites for hydroxylation is 1. The van der Waals surface area contributed by atoms with Crippen molar-refractivity contribution < 1.29 is 14.3 Å². The first kappa shape index (κ1) is 22.1. The van der Waals surface area contributed by atoms with Gasteiger partial charge in [0.05, 0.1) is 30.5 Å². The average molecular weight is 467 g/mol. The summed E-state index contributed by atoms with van der Waals surface area (Å²) in [6.45, 7) is 0. The summed E-state index contributed by atoms with van der Waals surface area (Å²) < 4.78 is 10.7. The van der Waals surface area contributed by atoms with E-state index in [1.807, 2.05) is 54.6 Å². The summed E-state index contributed by atoms with van der Waals surface area (Å²) in [6.07, 6.45) is 1.82. The standard InChI is InChI=1S/C25H23ClN2O3S/c1-30-18-11-8-16(22(14-18)31-2)4-3-5-21(29)24-23(27)19-12-13-20(28-25(19)32-24)15-6-9-17(26)10-7-15/h6-14H,3-5,27H2,1-2H3. The number of halogens is 1. The van der Waals surface area contributed by atoms with Crippen LogP contribution >= 0.6 is 22.9 Å². The van der Waals surface area contributed by atoms with Crippen LogP contribution in [0.2, 0.25) is 5.02 Å². The Kier molecular flexibility index (Phi) is 6.63. The molecule has 4 aromatic rings. The highest BCUT2D eigenvalue weighted by Crippen LogP contribution is 2.35.